The van der Waals surface area contributed by atoms with Gasteiger partial charge >= 0.3 is 0 Å². The first-order chi connectivity index (χ1) is 12.1. The van der Waals surface area contributed by atoms with E-state index < -0.39 is 0 Å². The molecule has 2 heterocycles. The number of imidazole rings is 1. The van der Waals surface area contributed by atoms with Crippen LogP contribution >= 0.6 is 11.3 Å². The number of aromatic amines is 1. The third-order valence-corrected chi connectivity index (χ3v) is 5.38. The molecule has 0 aliphatic rings. The van der Waals surface area contributed by atoms with Crippen molar-refractivity contribution in [1.82, 2.24) is 15.0 Å². The molecule has 4 aromatic rings. The molecule has 0 amide bonds. The van der Waals surface area contributed by atoms with Gasteiger partial charge in [-0.2, -0.15) is 0 Å². The molecule has 6 heteroatoms. The average Bonchev–Trinajstić information content (AvgIpc) is 3.28. The van der Waals surface area contributed by atoms with Crippen molar-refractivity contribution < 1.29 is 0 Å². The second-order valence-electron chi connectivity index (χ2n) is 6.10. The second kappa shape index (κ2) is 6.40. The standard InChI is InChI=1S/C19H19N5S/c1-11-22-9-17(25-11)12-2-4-13(5-3-12)18(20)19(21)14-6-7-15-16(8-14)24-10-23-15/h2-10,18-19H,20-21H2,1H3,(H,23,24). The quantitative estimate of drug-likeness (QED) is 0.524. The maximum Gasteiger partial charge on any atom is 0.0931 e. The number of thiazole rings is 1. The fourth-order valence-corrected chi connectivity index (χ4v) is 3.72. The van der Waals surface area contributed by atoms with Gasteiger partial charge in [-0.15, -0.1) is 11.3 Å². The van der Waals surface area contributed by atoms with Gasteiger partial charge in [-0.25, -0.2) is 9.97 Å². The Bertz CT molecular complexity index is 1000. The van der Waals surface area contributed by atoms with Gasteiger partial charge in [0, 0.05) is 18.3 Å². The number of aromatic nitrogens is 3. The molecular weight excluding hydrogens is 330 g/mol. The minimum absolute atomic E-state index is 0.284. The summed E-state index contributed by atoms with van der Waals surface area (Å²) in [4.78, 5) is 12.8. The smallest absolute Gasteiger partial charge is 0.0931 e. The zero-order chi connectivity index (χ0) is 17.4. The van der Waals surface area contributed by atoms with Crippen LogP contribution in [0.2, 0.25) is 0 Å². The molecular formula is C19H19N5S. The molecule has 0 saturated heterocycles. The van der Waals surface area contributed by atoms with Crippen molar-refractivity contribution in [2.45, 2.75) is 19.0 Å². The predicted octanol–water partition coefficient (Wildman–Crippen LogP) is 3.69. The van der Waals surface area contributed by atoms with Crippen LogP contribution in [-0.2, 0) is 0 Å². The molecule has 2 aromatic heterocycles. The first-order valence-corrected chi connectivity index (χ1v) is 8.90. The van der Waals surface area contributed by atoms with E-state index in [0.29, 0.717) is 0 Å². The maximum absolute atomic E-state index is 6.42. The highest BCUT2D eigenvalue weighted by Crippen LogP contribution is 2.30. The van der Waals surface area contributed by atoms with E-state index in [0.717, 1.165) is 37.6 Å². The number of nitrogens with one attached hydrogen (secondary N) is 1. The predicted molar refractivity (Wildman–Crippen MR) is 102 cm³/mol. The van der Waals surface area contributed by atoms with Gasteiger partial charge in [0.15, 0.2) is 0 Å². The Morgan fingerprint density at radius 3 is 2.40 bits per heavy atom. The van der Waals surface area contributed by atoms with Crippen LogP contribution in [0.1, 0.15) is 28.2 Å². The van der Waals surface area contributed by atoms with Crippen LogP contribution < -0.4 is 11.5 Å². The number of benzene rings is 2. The molecule has 2 atom stereocenters. The Balaban J connectivity index is 1.57. The van der Waals surface area contributed by atoms with Crippen LogP contribution in [0.3, 0.4) is 0 Å². The summed E-state index contributed by atoms with van der Waals surface area (Å²) in [5.41, 5.74) is 17.9. The normalized spacial score (nSPS) is 13.9. The number of nitrogens with zero attached hydrogens (tertiary/aromatic N) is 2. The summed E-state index contributed by atoms with van der Waals surface area (Å²) in [7, 11) is 0. The molecule has 4 rings (SSSR count). The topological polar surface area (TPSA) is 93.6 Å². The van der Waals surface area contributed by atoms with Crippen LogP contribution in [0, 0.1) is 6.92 Å². The number of hydrogen-bond donors (Lipinski definition) is 3. The summed E-state index contributed by atoms with van der Waals surface area (Å²) in [6.07, 6.45) is 3.58. The number of nitrogens with two attached hydrogens (primary N) is 2. The molecule has 2 aromatic carbocycles. The van der Waals surface area contributed by atoms with E-state index in [9.17, 15) is 0 Å². The average molecular weight is 349 g/mol. The van der Waals surface area contributed by atoms with E-state index in [4.69, 9.17) is 11.5 Å². The van der Waals surface area contributed by atoms with Gasteiger partial charge in [0.2, 0.25) is 0 Å². The molecule has 0 radical (unpaired) electrons. The largest absolute Gasteiger partial charge is 0.345 e. The van der Waals surface area contributed by atoms with E-state index in [2.05, 4.69) is 27.1 Å². The van der Waals surface area contributed by atoms with Gasteiger partial charge in [0.05, 0.1) is 27.2 Å². The molecule has 25 heavy (non-hydrogen) atoms. The Morgan fingerprint density at radius 2 is 1.68 bits per heavy atom. The summed E-state index contributed by atoms with van der Waals surface area (Å²) in [6.45, 7) is 2.01. The highest BCUT2D eigenvalue weighted by atomic mass is 32.1. The van der Waals surface area contributed by atoms with Crippen LogP contribution in [0.25, 0.3) is 21.5 Å². The number of aryl methyl sites for hydroxylation is 1. The number of H-pyrrole nitrogens is 1. The van der Waals surface area contributed by atoms with Crippen molar-refractivity contribution in [3.05, 3.63) is 71.1 Å². The Hall–Kier alpha value is -2.54. The lowest BCUT2D eigenvalue weighted by Gasteiger charge is -2.21. The van der Waals surface area contributed by atoms with E-state index in [1.807, 2.05) is 43.5 Å². The molecule has 0 saturated carbocycles. The lowest BCUT2D eigenvalue weighted by Crippen LogP contribution is -2.26. The fourth-order valence-electron chi connectivity index (χ4n) is 2.94. The lowest BCUT2D eigenvalue weighted by molar-refractivity contribution is 0.575. The summed E-state index contributed by atoms with van der Waals surface area (Å²) in [6, 6.07) is 13.6. The van der Waals surface area contributed by atoms with Crippen molar-refractivity contribution in [3.63, 3.8) is 0 Å². The first kappa shape index (κ1) is 16.0. The second-order valence-corrected chi connectivity index (χ2v) is 7.33. The van der Waals surface area contributed by atoms with E-state index in [-0.39, 0.29) is 12.1 Å². The highest BCUT2D eigenvalue weighted by molar-refractivity contribution is 7.15. The van der Waals surface area contributed by atoms with Gasteiger partial charge in [0.25, 0.3) is 0 Å². The summed E-state index contributed by atoms with van der Waals surface area (Å²) in [5, 5.41) is 1.06. The zero-order valence-corrected chi connectivity index (χ0v) is 14.6. The van der Waals surface area contributed by atoms with Gasteiger partial charge in [-0.3, -0.25) is 0 Å². The van der Waals surface area contributed by atoms with E-state index in [1.54, 1.807) is 17.7 Å². The zero-order valence-electron chi connectivity index (χ0n) is 13.8. The third kappa shape index (κ3) is 3.07. The van der Waals surface area contributed by atoms with Crippen LogP contribution in [0.5, 0.6) is 0 Å². The van der Waals surface area contributed by atoms with Crippen molar-refractivity contribution in [3.8, 4) is 10.4 Å². The molecule has 0 fully saturated rings. The molecule has 0 aliphatic heterocycles. The Kier molecular flexibility index (Phi) is 4.09. The van der Waals surface area contributed by atoms with Crippen molar-refractivity contribution >= 4 is 22.4 Å². The minimum atomic E-state index is -0.294. The highest BCUT2D eigenvalue weighted by Gasteiger charge is 2.18. The third-order valence-electron chi connectivity index (χ3n) is 4.42. The van der Waals surface area contributed by atoms with Gasteiger partial charge in [0.1, 0.15) is 0 Å². The van der Waals surface area contributed by atoms with Crippen LogP contribution in [0.15, 0.2) is 55.0 Å². The fraction of sp³-hybridized carbons (Fsp3) is 0.158. The van der Waals surface area contributed by atoms with Crippen LogP contribution in [0.4, 0.5) is 0 Å². The van der Waals surface area contributed by atoms with Gasteiger partial charge in [-0.05, 0) is 35.7 Å². The van der Waals surface area contributed by atoms with Crippen LogP contribution in [-0.4, -0.2) is 15.0 Å². The number of fused-ring (bicyclic) bond motifs is 1. The molecule has 0 bridgehead atoms. The Labute approximate surface area is 149 Å². The van der Waals surface area contributed by atoms with E-state index >= 15 is 0 Å². The van der Waals surface area contributed by atoms with Crippen molar-refractivity contribution in [2.24, 2.45) is 11.5 Å². The summed E-state index contributed by atoms with van der Waals surface area (Å²) >= 11 is 1.68. The van der Waals surface area contributed by atoms with Crippen molar-refractivity contribution in [1.29, 1.82) is 0 Å². The minimum Gasteiger partial charge on any atom is -0.345 e. The maximum atomic E-state index is 6.42. The van der Waals surface area contributed by atoms with Gasteiger partial charge < -0.3 is 16.5 Å². The molecule has 126 valence electrons. The van der Waals surface area contributed by atoms with Gasteiger partial charge in [-0.1, -0.05) is 30.3 Å². The number of hydrogen-bond acceptors (Lipinski definition) is 5. The molecule has 2 unspecified atom stereocenters. The summed E-state index contributed by atoms with van der Waals surface area (Å²) in [5.74, 6) is 0. The molecule has 5 nitrogen and oxygen atoms in total. The monoisotopic (exact) mass is 349 g/mol. The molecule has 0 spiro atoms. The molecule has 0 aliphatic carbocycles. The van der Waals surface area contributed by atoms with Crippen molar-refractivity contribution in [2.75, 3.05) is 0 Å². The lowest BCUT2D eigenvalue weighted by atomic mass is 9.94. The summed E-state index contributed by atoms with van der Waals surface area (Å²) < 4.78 is 0. The first-order valence-electron chi connectivity index (χ1n) is 8.09. The van der Waals surface area contributed by atoms with E-state index in [1.165, 1.54) is 0 Å². The number of rotatable bonds is 4. The Morgan fingerprint density at radius 1 is 0.960 bits per heavy atom. The SMILES string of the molecule is Cc1ncc(-c2ccc(C(N)C(N)c3ccc4[nH]cnc4c3)cc2)s1. The molecule has 5 N–H and O–H groups in total.